The molecule has 4 nitrogen and oxygen atoms in total. The molecule has 0 aromatic heterocycles. The average Bonchev–Trinajstić information content (AvgIpc) is 2.27. The van der Waals surface area contributed by atoms with Crippen molar-refractivity contribution in [1.82, 2.24) is 9.80 Å². The fourth-order valence-electron chi connectivity index (χ4n) is 2.53. The first kappa shape index (κ1) is 16.4. The minimum Gasteiger partial charge on any atom is -0.393 e. The molecule has 110 valence electrons. The van der Waals surface area contributed by atoms with E-state index in [-0.39, 0.29) is 23.3 Å². The molecule has 0 aromatic carbocycles. The van der Waals surface area contributed by atoms with Gasteiger partial charge in [-0.1, -0.05) is 26.1 Å². The first-order valence-corrected chi connectivity index (χ1v) is 7.38. The molecule has 1 fully saturated rings. The highest BCUT2D eigenvalue weighted by Crippen LogP contribution is 2.19. The van der Waals surface area contributed by atoms with Crippen LogP contribution >= 0.6 is 12.2 Å². The summed E-state index contributed by atoms with van der Waals surface area (Å²) in [5, 5.41) is 0. The lowest BCUT2D eigenvalue weighted by molar-refractivity contribution is -0.137. The number of nitrogens with zero attached hydrogens (tertiary/aromatic N) is 2. The first-order valence-electron chi connectivity index (χ1n) is 6.97. The number of carbonyl (C=O) groups is 1. The fourth-order valence-corrected chi connectivity index (χ4v) is 2.90. The van der Waals surface area contributed by atoms with Gasteiger partial charge in [-0.3, -0.25) is 9.69 Å². The number of carbonyl (C=O) groups excluding carboxylic acids is 1. The van der Waals surface area contributed by atoms with Crippen molar-refractivity contribution >= 4 is 23.1 Å². The van der Waals surface area contributed by atoms with Gasteiger partial charge in [-0.25, -0.2) is 0 Å². The second kappa shape index (κ2) is 6.18. The lowest BCUT2D eigenvalue weighted by atomic mass is 9.94. The summed E-state index contributed by atoms with van der Waals surface area (Å²) in [6.07, 6.45) is 0. The molecule has 0 radical (unpaired) electrons. The Balaban J connectivity index is 2.65. The van der Waals surface area contributed by atoms with Gasteiger partial charge in [-0.15, -0.1) is 0 Å². The van der Waals surface area contributed by atoms with E-state index in [1.54, 1.807) is 0 Å². The van der Waals surface area contributed by atoms with E-state index in [0.717, 1.165) is 26.2 Å². The van der Waals surface area contributed by atoms with Crippen LogP contribution in [0.2, 0.25) is 0 Å². The van der Waals surface area contributed by atoms with Crippen molar-refractivity contribution in [3.8, 4) is 0 Å². The van der Waals surface area contributed by atoms with E-state index in [4.69, 9.17) is 18.0 Å². The molecular formula is C14H27N3OS. The Bertz CT molecular complexity index is 341. The zero-order chi connectivity index (χ0) is 14.8. The van der Waals surface area contributed by atoms with Crippen LogP contribution in [0.1, 0.15) is 34.6 Å². The molecule has 1 unspecified atom stereocenters. The van der Waals surface area contributed by atoms with Crippen LogP contribution in [0.25, 0.3) is 0 Å². The number of nitrogens with two attached hydrogens (primary N) is 1. The molecular weight excluding hydrogens is 258 g/mol. The third-order valence-corrected chi connectivity index (χ3v) is 4.03. The van der Waals surface area contributed by atoms with Gasteiger partial charge in [0.05, 0.1) is 10.9 Å². The molecule has 1 aliphatic rings. The largest absolute Gasteiger partial charge is 0.393 e. The smallest absolute Gasteiger partial charge is 0.232 e. The van der Waals surface area contributed by atoms with E-state index < -0.39 is 0 Å². The number of rotatable bonds is 3. The van der Waals surface area contributed by atoms with Gasteiger partial charge < -0.3 is 10.6 Å². The van der Waals surface area contributed by atoms with E-state index in [2.05, 4.69) is 25.7 Å². The van der Waals surface area contributed by atoms with Crippen molar-refractivity contribution in [2.75, 3.05) is 26.2 Å². The molecule has 0 spiro atoms. The van der Waals surface area contributed by atoms with Gasteiger partial charge in [-0.2, -0.15) is 0 Å². The Kier molecular flexibility index (Phi) is 5.33. The standard InChI is InChI=1S/C14H27N3OS/c1-10(2)11(12(15)19)13(18)16-6-8-17(9-7-16)14(3,4)5/h10-11H,6-9H2,1-5H3,(H2,15,19). The Labute approximate surface area is 122 Å². The number of hydrogen-bond acceptors (Lipinski definition) is 3. The molecule has 1 rings (SSSR count). The van der Waals surface area contributed by atoms with Gasteiger partial charge >= 0.3 is 0 Å². The Morgan fingerprint density at radius 3 is 1.95 bits per heavy atom. The van der Waals surface area contributed by atoms with Crippen molar-refractivity contribution in [2.45, 2.75) is 40.2 Å². The lowest BCUT2D eigenvalue weighted by Crippen LogP contribution is -2.56. The molecule has 1 aliphatic heterocycles. The van der Waals surface area contributed by atoms with E-state index in [1.165, 1.54) is 0 Å². The van der Waals surface area contributed by atoms with E-state index >= 15 is 0 Å². The predicted molar refractivity (Wildman–Crippen MR) is 83.0 cm³/mol. The summed E-state index contributed by atoms with van der Waals surface area (Å²) in [7, 11) is 0. The molecule has 1 saturated heterocycles. The summed E-state index contributed by atoms with van der Waals surface area (Å²) >= 11 is 5.04. The van der Waals surface area contributed by atoms with Crippen molar-refractivity contribution in [1.29, 1.82) is 0 Å². The Morgan fingerprint density at radius 1 is 1.16 bits per heavy atom. The van der Waals surface area contributed by atoms with Gasteiger partial charge in [-0.05, 0) is 26.7 Å². The van der Waals surface area contributed by atoms with Crippen LogP contribution in [-0.4, -0.2) is 52.4 Å². The molecule has 1 heterocycles. The van der Waals surface area contributed by atoms with Crippen LogP contribution in [0.4, 0.5) is 0 Å². The normalized spacial score (nSPS) is 19.6. The van der Waals surface area contributed by atoms with Crippen LogP contribution in [0.3, 0.4) is 0 Å². The van der Waals surface area contributed by atoms with Gasteiger partial charge in [0, 0.05) is 31.7 Å². The maximum Gasteiger partial charge on any atom is 0.232 e. The van der Waals surface area contributed by atoms with Gasteiger partial charge in [0.25, 0.3) is 0 Å². The van der Waals surface area contributed by atoms with E-state index in [0.29, 0.717) is 4.99 Å². The molecule has 0 bridgehead atoms. The first-order chi connectivity index (χ1) is 8.64. The third-order valence-electron chi connectivity index (χ3n) is 3.78. The Morgan fingerprint density at radius 2 is 1.63 bits per heavy atom. The highest BCUT2D eigenvalue weighted by atomic mass is 32.1. The third kappa shape index (κ3) is 4.14. The summed E-state index contributed by atoms with van der Waals surface area (Å²) in [6.45, 7) is 14.0. The van der Waals surface area contributed by atoms with E-state index in [1.807, 2.05) is 18.7 Å². The molecule has 1 atom stereocenters. The van der Waals surface area contributed by atoms with Crippen LogP contribution in [0.15, 0.2) is 0 Å². The summed E-state index contributed by atoms with van der Waals surface area (Å²) in [5.41, 5.74) is 5.88. The summed E-state index contributed by atoms with van der Waals surface area (Å²) < 4.78 is 0. The zero-order valence-electron chi connectivity index (χ0n) is 12.8. The average molecular weight is 285 g/mol. The van der Waals surface area contributed by atoms with Crippen molar-refractivity contribution in [3.63, 3.8) is 0 Å². The number of hydrogen-bond donors (Lipinski definition) is 1. The summed E-state index contributed by atoms with van der Waals surface area (Å²) in [6, 6.07) is 0. The maximum absolute atomic E-state index is 12.5. The molecule has 19 heavy (non-hydrogen) atoms. The van der Waals surface area contributed by atoms with Crippen molar-refractivity contribution in [2.24, 2.45) is 17.6 Å². The maximum atomic E-state index is 12.5. The molecule has 0 aliphatic carbocycles. The van der Waals surface area contributed by atoms with Crippen LogP contribution in [-0.2, 0) is 4.79 Å². The Hall–Kier alpha value is -0.680. The molecule has 0 saturated carbocycles. The minimum absolute atomic E-state index is 0.0936. The zero-order valence-corrected chi connectivity index (χ0v) is 13.6. The van der Waals surface area contributed by atoms with Gasteiger partial charge in [0.2, 0.25) is 5.91 Å². The van der Waals surface area contributed by atoms with Crippen molar-refractivity contribution < 1.29 is 4.79 Å². The number of piperazine rings is 1. The second-order valence-corrected chi connectivity index (χ2v) is 7.08. The summed E-state index contributed by atoms with van der Waals surface area (Å²) in [5.74, 6) is -0.0714. The summed E-state index contributed by atoms with van der Waals surface area (Å²) in [4.78, 5) is 17.1. The molecule has 0 aromatic rings. The highest BCUT2D eigenvalue weighted by molar-refractivity contribution is 7.80. The highest BCUT2D eigenvalue weighted by Gasteiger charge is 2.33. The predicted octanol–water partition coefficient (Wildman–Crippen LogP) is 1.49. The van der Waals surface area contributed by atoms with Gasteiger partial charge in [0.1, 0.15) is 0 Å². The lowest BCUT2D eigenvalue weighted by Gasteiger charge is -2.43. The SMILES string of the molecule is CC(C)C(C(=O)N1CCN(C(C)(C)C)CC1)C(N)=S. The monoisotopic (exact) mass is 285 g/mol. The second-order valence-electron chi connectivity index (χ2n) is 6.61. The molecule has 1 amide bonds. The quantitative estimate of drug-likeness (QED) is 0.798. The van der Waals surface area contributed by atoms with Crippen LogP contribution in [0.5, 0.6) is 0 Å². The van der Waals surface area contributed by atoms with Crippen LogP contribution in [0, 0.1) is 11.8 Å². The molecule has 2 N–H and O–H groups in total. The number of thiocarbonyl (C=S) groups is 1. The minimum atomic E-state index is -0.323. The topological polar surface area (TPSA) is 49.6 Å². The van der Waals surface area contributed by atoms with Crippen LogP contribution < -0.4 is 5.73 Å². The van der Waals surface area contributed by atoms with E-state index in [9.17, 15) is 4.79 Å². The van der Waals surface area contributed by atoms with Crippen molar-refractivity contribution in [3.05, 3.63) is 0 Å². The molecule has 5 heteroatoms. The van der Waals surface area contributed by atoms with Gasteiger partial charge in [0.15, 0.2) is 0 Å². The number of amides is 1. The fraction of sp³-hybridized carbons (Fsp3) is 0.857.